The molecular weight excluding hydrogens is 638 g/mol. The Morgan fingerprint density at radius 3 is 2.49 bits per heavy atom. The smallest absolute Gasteiger partial charge is 0.415 e. The van der Waals surface area contributed by atoms with Gasteiger partial charge in [-0.2, -0.15) is 0 Å². The van der Waals surface area contributed by atoms with Crippen LogP contribution >= 0.6 is 15.9 Å². The molecule has 11 heteroatoms. The van der Waals surface area contributed by atoms with Crippen LogP contribution in [0.15, 0.2) is 78.2 Å². The molecule has 0 unspecified atom stereocenters. The molecule has 2 aromatic carbocycles. The molecule has 1 fully saturated rings. The SMILES string of the molecule is C=C1C=C(NC(=O)OC(C)(C)C)/C=C\CN/C(C(=O)N2C[C@@H](CBr)c3c2cc(OC(=O)N2CCN(C)CC2)c2ccccc32)=C\1. The van der Waals surface area contributed by atoms with Gasteiger partial charge in [0.05, 0.1) is 5.69 Å². The van der Waals surface area contributed by atoms with E-state index >= 15 is 0 Å². The molecule has 5 rings (SSSR count). The van der Waals surface area contributed by atoms with Crippen molar-refractivity contribution in [2.75, 3.05) is 56.5 Å². The molecule has 45 heavy (non-hydrogen) atoms. The van der Waals surface area contributed by atoms with E-state index in [-0.39, 0.29) is 11.8 Å². The third kappa shape index (κ3) is 7.59. The minimum Gasteiger partial charge on any atom is -0.444 e. The van der Waals surface area contributed by atoms with Crippen LogP contribution in [0.1, 0.15) is 32.3 Å². The molecule has 238 valence electrons. The van der Waals surface area contributed by atoms with Gasteiger partial charge in [-0.1, -0.05) is 52.9 Å². The first-order chi connectivity index (χ1) is 21.4. The quantitative estimate of drug-likeness (QED) is 0.417. The van der Waals surface area contributed by atoms with Gasteiger partial charge in [0.2, 0.25) is 0 Å². The summed E-state index contributed by atoms with van der Waals surface area (Å²) in [5.41, 5.74) is 2.45. The maximum Gasteiger partial charge on any atom is 0.415 e. The lowest BCUT2D eigenvalue weighted by molar-refractivity contribution is -0.115. The Morgan fingerprint density at radius 1 is 1.09 bits per heavy atom. The summed E-state index contributed by atoms with van der Waals surface area (Å²) in [6.07, 6.45) is 5.93. The van der Waals surface area contributed by atoms with Gasteiger partial charge in [0.25, 0.3) is 5.91 Å². The molecule has 10 nitrogen and oxygen atoms in total. The number of alkyl halides is 1. The van der Waals surface area contributed by atoms with Crippen molar-refractivity contribution in [3.63, 3.8) is 0 Å². The molecule has 3 aliphatic heterocycles. The monoisotopic (exact) mass is 677 g/mol. The molecular formula is C34H40BrN5O5. The van der Waals surface area contributed by atoms with E-state index in [1.807, 2.05) is 43.5 Å². The first-order valence-corrected chi connectivity index (χ1v) is 16.2. The number of fused-ring (bicyclic) bond motifs is 3. The fraction of sp³-hybridized carbons (Fsp3) is 0.382. The third-order valence-corrected chi connectivity index (χ3v) is 8.55. The average Bonchev–Trinajstić information content (AvgIpc) is 3.39. The van der Waals surface area contributed by atoms with Gasteiger partial charge < -0.3 is 29.5 Å². The van der Waals surface area contributed by atoms with E-state index in [1.165, 1.54) is 0 Å². The summed E-state index contributed by atoms with van der Waals surface area (Å²) >= 11 is 3.67. The summed E-state index contributed by atoms with van der Waals surface area (Å²) in [6.45, 7) is 13.0. The predicted octanol–water partition coefficient (Wildman–Crippen LogP) is 5.42. The first-order valence-electron chi connectivity index (χ1n) is 15.0. The van der Waals surface area contributed by atoms with Crippen molar-refractivity contribution in [2.45, 2.75) is 32.3 Å². The molecule has 3 aliphatic rings. The summed E-state index contributed by atoms with van der Waals surface area (Å²) in [5, 5.41) is 8.37. The fourth-order valence-electron chi connectivity index (χ4n) is 5.63. The minimum absolute atomic E-state index is 0.0285. The molecule has 2 aromatic rings. The summed E-state index contributed by atoms with van der Waals surface area (Å²) in [6, 6.07) is 9.66. The first kappa shape index (κ1) is 32.3. The topological polar surface area (TPSA) is 103 Å². The van der Waals surface area contributed by atoms with Crippen LogP contribution in [0.5, 0.6) is 5.75 Å². The number of alkyl carbamates (subject to hydrolysis) is 1. The van der Waals surface area contributed by atoms with E-state index in [0.29, 0.717) is 59.9 Å². The Hall–Kier alpha value is -4.09. The number of anilines is 1. The number of amides is 3. The van der Waals surface area contributed by atoms with Crippen LogP contribution in [-0.4, -0.2) is 85.1 Å². The Bertz CT molecular complexity index is 1600. The number of allylic oxidation sites excluding steroid dienone is 4. The van der Waals surface area contributed by atoms with E-state index in [1.54, 1.807) is 48.8 Å². The zero-order valence-electron chi connectivity index (χ0n) is 26.2. The van der Waals surface area contributed by atoms with Crippen molar-refractivity contribution in [3.05, 3.63) is 83.7 Å². The van der Waals surface area contributed by atoms with Crippen LogP contribution in [-0.2, 0) is 9.53 Å². The number of carbonyl (C=O) groups excluding carboxylic acids is 3. The third-order valence-electron chi connectivity index (χ3n) is 7.77. The molecule has 0 saturated carbocycles. The second kappa shape index (κ2) is 13.5. The van der Waals surface area contributed by atoms with Gasteiger partial charge in [-0.05, 0) is 62.6 Å². The molecule has 0 aliphatic carbocycles. The summed E-state index contributed by atoms with van der Waals surface area (Å²) in [4.78, 5) is 45.4. The van der Waals surface area contributed by atoms with Crippen LogP contribution in [0.25, 0.3) is 10.8 Å². The van der Waals surface area contributed by atoms with Gasteiger partial charge in [-0.3, -0.25) is 10.1 Å². The summed E-state index contributed by atoms with van der Waals surface area (Å²) in [7, 11) is 2.03. The van der Waals surface area contributed by atoms with E-state index in [0.717, 1.165) is 29.4 Å². The van der Waals surface area contributed by atoms with Crippen LogP contribution in [0.2, 0.25) is 0 Å². The molecule has 1 atom stereocenters. The maximum atomic E-state index is 14.2. The van der Waals surface area contributed by atoms with Crippen LogP contribution in [0.3, 0.4) is 0 Å². The molecule has 2 N–H and O–H groups in total. The molecule has 0 spiro atoms. The number of benzene rings is 2. The Kier molecular flexibility index (Phi) is 9.69. The lowest BCUT2D eigenvalue weighted by atomic mass is 9.95. The van der Waals surface area contributed by atoms with Crippen LogP contribution < -0.4 is 20.3 Å². The number of rotatable bonds is 4. The molecule has 0 aromatic heterocycles. The van der Waals surface area contributed by atoms with Gasteiger partial charge >= 0.3 is 12.2 Å². The highest BCUT2D eigenvalue weighted by Gasteiger charge is 2.36. The van der Waals surface area contributed by atoms with Gasteiger partial charge in [-0.25, -0.2) is 9.59 Å². The van der Waals surface area contributed by atoms with Crippen molar-refractivity contribution in [1.82, 2.24) is 20.4 Å². The number of hydrogen-bond acceptors (Lipinski definition) is 7. The minimum atomic E-state index is -0.641. The van der Waals surface area contributed by atoms with E-state index in [4.69, 9.17) is 9.47 Å². The van der Waals surface area contributed by atoms with Gasteiger partial charge in [0, 0.05) is 67.7 Å². The number of carbonyl (C=O) groups is 3. The molecule has 3 amide bonds. The number of nitrogens with one attached hydrogen (secondary N) is 2. The Morgan fingerprint density at radius 2 is 1.80 bits per heavy atom. The highest BCUT2D eigenvalue weighted by molar-refractivity contribution is 9.09. The predicted molar refractivity (Wildman–Crippen MR) is 180 cm³/mol. The Labute approximate surface area is 272 Å². The number of piperazine rings is 1. The average molecular weight is 679 g/mol. The van der Waals surface area contributed by atoms with Crippen LogP contribution in [0, 0.1) is 0 Å². The highest BCUT2D eigenvalue weighted by atomic mass is 79.9. The van der Waals surface area contributed by atoms with Gasteiger partial charge in [0.1, 0.15) is 17.0 Å². The number of ether oxygens (including phenoxy) is 2. The van der Waals surface area contributed by atoms with Crippen LogP contribution in [0.4, 0.5) is 15.3 Å². The zero-order chi connectivity index (χ0) is 32.3. The largest absolute Gasteiger partial charge is 0.444 e. The Balaban J connectivity index is 1.45. The molecule has 0 bridgehead atoms. The van der Waals surface area contributed by atoms with E-state index in [2.05, 4.69) is 38.0 Å². The van der Waals surface area contributed by atoms with Gasteiger partial charge in [0.15, 0.2) is 0 Å². The summed E-state index contributed by atoms with van der Waals surface area (Å²) in [5.74, 6) is 0.212. The lowest BCUT2D eigenvalue weighted by Gasteiger charge is -2.31. The van der Waals surface area contributed by atoms with Crippen molar-refractivity contribution in [3.8, 4) is 5.75 Å². The van der Waals surface area contributed by atoms with Crippen molar-refractivity contribution in [2.24, 2.45) is 0 Å². The van der Waals surface area contributed by atoms with Crippen molar-refractivity contribution >= 4 is 50.5 Å². The normalized spacial score (nSPS) is 20.9. The summed E-state index contributed by atoms with van der Waals surface area (Å²) < 4.78 is 11.4. The fourth-order valence-corrected chi connectivity index (χ4v) is 6.15. The number of hydrogen-bond donors (Lipinski definition) is 2. The lowest BCUT2D eigenvalue weighted by Crippen LogP contribution is -2.48. The maximum absolute atomic E-state index is 14.2. The second-order valence-corrected chi connectivity index (χ2v) is 13.1. The number of nitrogens with zero attached hydrogens (tertiary/aromatic N) is 3. The standard InChI is InChI=1S/C34H40BrN5O5/c1-22-17-24(37-32(42)45-34(2,3)4)9-8-12-36-27(18-22)31(41)40-21-23(20-35)30-26-11-7-6-10-25(26)29(19-28(30)40)44-33(43)39-15-13-38(5)14-16-39/h6-11,17-19,23,36H,1,12-16,20-21H2,2-5H3,(H,37,42)/b9-8-,24-17?,27-18-/t23-/m1/s1. The molecule has 3 heterocycles. The van der Waals surface area contributed by atoms with Crippen molar-refractivity contribution < 1.29 is 23.9 Å². The second-order valence-electron chi connectivity index (χ2n) is 12.4. The number of halogens is 1. The zero-order valence-corrected chi connectivity index (χ0v) is 27.8. The molecule has 0 radical (unpaired) electrons. The van der Waals surface area contributed by atoms with Crippen molar-refractivity contribution in [1.29, 1.82) is 0 Å². The number of likely N-dealkylation sites (N-methyl/N-ethyl adjacent to an activating group) is 1. The molecule has 1 saturated heterocycles. The van der Waals surface area contributed by atoms with Gasteiger partial charge in [-0.15, -0.1) is 0 Å². The highest BCUT2D eigenvalue weighted by Crippen LogP contribution is 2.46. The van der Waals surface area contributed by atoms with E-state index in [9.17, 15) is 14.4 Å². The van der Waals surface area contributed by atoms with E-state index < -0.39 is 17.8 Å².